The molecule has 0 aliphatic carbocycles. The topological polar surface area (TPSA) is 69.6 Å². The van der Waals surface area contributed by atoms with E-state index >= 15 is 0 Å². The summed E-state index contributed by atoms with van der Waals surface area (Å²) in [5, 5.41) is 21.3. The standard InChI is InChI=1S/C15H15BClNO3/c1-2-10-3-6-12(7-4-10)18-15(19)11-5-8-14(17)13(9-11)16(20)21/h3-9,20-21H,2H2,1H3,(H,18,19). The van der Waals surface area contributed by atoms with Crippen LogP contribution in [0.4, 0.5) is 5.69 Å². The average Bonchev–Trinajstić information content (AvgIpc) is 2.48. The molecule has 3 N–H and O–H groups in total. The molecular formula is C15H15BClNO3. The lowest BCUT2D eigenvalue weighted by Gasteiger charge is -2.08. The summed E-state index contributed by atoms with van der Waals surface area (Å²) < 4.78 is 0. The Morgan fingerprint density at radius 1 is 1.19 bits per heavy atom. The summed E-state index contributed by atoms with van der Waals surface area (Å²) in [6, 6.07) is 11.9. The Balaban J connectivity index is 2.17. The van der Waals surface area contributed by atoms with Crippen molar-refractivity contribution in [2.45, 2.75) is 13.3 Å². The van der Waals surface area contributed by atoms with E-state index < -0.39 is 7.12 Å². The van der Waals surface area contributed by atoms with Crippen molar-refractivity contribution in [2.75, 3.05) is 5.32 Å². The molecule has 0 bridgehead atoms. The zero-order chi connectivity index (χ0) is 15.4. The molecule has 21 heavy (non-hydrogen) atoms. The lowest BCUT2D eigenvalue weighted by molar-refractivity contribution is 0.102. The maximum atomic E-state index is 12.1. The van der Waals surface area contributed by atoms with Gasteiger partial charge in [0, 0.05) is 21.7 Å². The molecule has 4 nitrogen and oxygen atoms in total. The largest absolute Gasteiger partial charge is 0.489 e. The highest BCUT2D eigenvalue weighted by Gasteiger charge is 2.17. The summed E-state index contributed by atoms with van der Waals surface area (Å²) in [4.78, 5) is 12.1. The van der Waals surface area contributed by atoms with Crippen LogP contribution in [0, 0.1) is 0 Å². The Hall–Kier alpha value is -1.82. The first kappa shape index (κ1) is 15.6. The molecule has 0 aromatic heterocycles. The first-order valence-electron chi connectivity index (χ1n) is 6.57. The van der Waals surface area contributed by atoms with Gasteiger partial charge in [-0.3, -0.25) is 4.79 Å². The van der Waals surface area contributed by atoms with Crippen molar-refractivity contribution in [3.05, 3.63) is 58.6 Å². The second kappa shape index (κ2) is 6.76. The Labute approximate surface area is 128 Å². The first-order chi connectivity index (χ1) is 10.0. The Morgan fingerprint density at radius 3 is 2.43 bits per heavy atom. The summed E-state index contributed by atoms with van der Waals surface area (Å²) >= 11 is 5.84. The number of nitrogens with one attached hydrogen (secondary N) is 1. The van der Waals surface area contributed by atoms with E-state index in [1.807, 2.05) is 24.3 Å². The zero-order valence-electron chi connectivity index (χ0n) is 11.5. The van der Waals surface area contributed by atoms with E-state index in [4.69, 9.17) is 11.6 Å². The van der Waals surface area contributed by atoms with Gasteiger partial charge in [0.25, 0.3) is 5.91 Å². The molecule has 0 saturated heterocycles. The van der Waals surface area contributed by atoms with Gasteiger partial charge in [0.05, 0.1) is 0 Å². The van der Waals surface area contributed by atoms with Gasteiger partial charge in [-0.05, 0) is 42.3 Å². The minimum atomic E-state index is -1.71. The van der Waals surface area contributed by atoms with Crippen molar-refractivity contribution in [1.29, 1.82) is 0 Å². The van der Waals surface area contributed by atoms with Gasteiger partial charge in [0.2, 0.25) is 0 Å². The summed E-state index contributed by atoms with van der Waals surface area (Å²) in [6.45, 7) is 2.06. The van der Waals surface area contributed by atoms with Crippen LogP contribution in [-0.2, 0) is 6.42 Å². The van der Waals surface area contributed by atoms with Crippen molar-refractivity contribution < 1.29 is 14.8 Å². The second-order valence-corrected chi connectivity index (χ2v) is 5.02. The van der Waals surface area contributed by atoms with Crippen LogP contribution in [0.3, 0.4) is 0 Å². The van der Waals surface area contributed by atoms with Crippen LogP contribution in [0.1, 0.15) is 22.8 Å². The molecule has 2 aromatic carbocycles. The van der Waals surface area contributed by atoms with Crippen LogP contribution >= 0.6 is 11.6 Å². The lowest BCUT2D eigenvalue weighted by atomic mass is 9.79. The van der Waals surface area contributed by atoms with Gasteiger partial charge >= 0.3 is 7.12 Å². The number of aryl methyl sites for hydroxylation is 1. The maximum Gasteiger partial charge on any atom is 0.489 e. The molecule has 0 aliphatic rings. The molecule has 0 unspecified atom stereocenters. The molecular weight excluding hydrogens is 288 g/mol. The molecule has 0 radical (unpaired) electrons. The third-order valence-electron chi connectivity index (χ3n) is 3.16. The van der Waals surface area contributed by atoms with Crippen molar-refractivity contribution in [2.24, 2.45) is 0 Å². The number of benzene rings is 2. The highest BCUT2D eigenvalue weighted by molar-refractivity contribution is 6.62. The molecule has 0 aliphatic heterocycles. The lowest BCUT2D eigenvalue weighted by Crippen LogP contribution is -2.31. The van der Waals surface area contributed by atoms with Crippen LogP contribution in [0.15, 0.2) is 42.5 Å². The summed E-state index contributed by atoms with van der Waals surface area (Å²) in [7, 11) is -1.71. The second-order valence-electron chi connectivity index (χ2n) is 4.61. The van der Waals surface area contributed by atoms with Crippen LogP contribution in [0.2, 0.25) is 5.02 Å². The fraction of sp³-hybridized carbons (Fsp3) is 0.133. The van der Waals surface area contributed by atoms with Crippen LogP contribution in [0.5, 0.6) is 0 Å². The molecule has 6 heteroatoms. The highest BCUT2D eigenvalue weighted by Crippen LogP contribution is 2.13. The van der Waals surface area contributed by atoms with Gasteiger partial charge in [-0.15, -0.1) is 0 Å². The van der Waals surface area contributed by atoms with Crippen molar-refractivity contribution in [3.8, 4) is 0 Å². The quantitative estimate of drug-likeness (QED) is 0.755. The maximum absolute atomic E-state index is 12.1. The first-order valence-corrected chi connectivity index (χ1v) is 6.95. The molecule has 2 rings (SSSR count). The molecule has 0 saturated carbocycles. The smallest absolute Gasteiger partial charge is 0.423 e. The SMILES string of the molecule is CCc1ccc(NC(=O)c2ccc(Cl)c(B(O)O)c2)cc1. The highest BCUT2D eigenvalue weighted by atomic mass is 35.5. The molecule has 2 aromatic rings. The van der Waals surface area contributed by atoms with Gasteiger partial charge in [-0.2, -0.15) is 0 Å². The van der Waals surface area contributed by atoms with Crippen molar-refractivity contribution >= 4 is 35.8 Å². The Kier molecular flexibility index (Phi) is 5.01. The van der Waals surface area contributed by atoms with E-state index in [1.165, 1.54) is 23.8 Å². The predicted molar refractivity (Wildman–Crippen MR) is 85.1 cm³/mol. The van der Waals surface area contributed by atoms with E-state index in [9.17, 15) is 14.8 Å². The number of hydrogen-bond acceptors (Lipinski definition) is 3. The van der Waals surface area contributed by atoms with Crippen molar-refractivity contribution in [3.63, 3.8) is 0 Å². The van der Waals surface area contributed by atoms with E-state index in [0.717, 1.165) is 6.42 Å². The van der Waals surface area contributed by atoms with Crippen LogP contribution < -0.4 is 10.8 Å². The summed E-state index contributed by atoms with van der Waals surface area (Å²) in [5.74, 6) is -0.335. The van der Waals surface area contributed by atoms with Crippen molar-refractivity contribution in [1.82, 2.24) is 0 Å². The fourth-order valence-electron chi connectivity index (χ4n) is 1.91. The average molecular weight is 304 g/mol. The number of rotatable bonds is 4. The third-order valence-corrected chi connectivity index (χ3v) is 3.50. The molecule has 0 fully saturated rings. The van der Waals surface area contributed by atoms with E-state index in [0.29, 0.717) is 11.3 Å². The van der Waals surface area contributed by atoms with Gasteiger partial charge in [0.15, 0.2) is 0 Å². The molecule has 0 atom stereocenters. The fourth-order valence-corrected chi connectivity index (χ4v) is 2.13. The number of hydrogen-bond donors (Lipinski definition) is 3. The normalized spacial score (nSPS) is 10.3. The molecule has 0 heterocycles. The number of anilines is 1. The summed E-state index contributed by atoms with van der Waals surface area (Å²) in [6.07, 6.45) is 0.934. The van der Waals surface area contributed by atoms with Crippen LogP contribution in [-0.4, -0.2) is 23.1 Å². The number of carbonyl (C=O) groups is 1. The summed E-state index contributed by atoms with van der Waals surface area (Å²) in [5.41, 5.74) is 2.27. The Morgan fingerprint density at radius 2 is 1.86 bits per heavy atom. The predicted octanol–water partition coefficient (Wildman–Crippen LogP) is 1.83. The molecule has 1 amide bonds. The monoisotopic (exact) mass is 303 g/mol. The molecule has 0 spiro atoms. The molecule has 108 valence electrons. The minimum absolute atomic E-state index is 0.102. The number of amides is 1. The van der Waals surface area contributed by atoms with E-state index in [1.54, 1.807) is 0 Å². The van der Waals surface area contributed by atoms with Gasteiger partial charge < -0.3 is 15.4 Å². The zero-order valence-corrected chi connectivity index (χ0v) is 12.3. The minimum Gasteiger partial charge on any atom is -0.423 e. The van der Waals surface area contributed by atoms with Gasteiger partial charge in [-0.25, -0.2) is 0 Å². The Bertz CT molecular complexity index is 644. The van der Waals surface area contributed by atoms with E-state index in [2.05, 4.69) is 12.2 Å². The van der Waals surface area contributed by atoms with Crippen LogP contribution in [0.25, 0.3) is 0 Å². The third kappa shape index (κ3) is 3.85. The van der Waals surface area contributed by atoms with Gasteiger partial charge in [0.1, 0.15) is 0 Å². The van der Waals surface area contributed by atoms with E-state index in [-0.39, 0.29) is 16.4 Å². The van der Waals surface area contributed by atoms with Gasteiger partial charge in [-0.1, -0.05) is 30.7 Å². The number of carbonyl (C=O) groups excluding carboxylic acids is 1. The number of halogens is 1.